The van der Waals surface area contributed by atoms with E-state index in [0.29, 0.717) is 12.2 Å². The largest absolute Gasteiger partial charge is 0.478 e. The number of hydrogen-bond donors (Lipinski definition) is 1. The van der Waals surface area contributed by atoms with Crippen molar-refractivity contribution >= 4 is 5.97 Å². The van der Waals surface area contributed by atoms with Crippen LogP contribution in [-0.4, -0.2) is 45.6 Å². The minimum atomic E-state index is -0.913. The highest BCUT2D eigenvalue weighted by molar-refractivity contribution is 5.95. The van der Waals surface area contributed by atoms with E-state index < -0.39 is 5.97 Å². The molecule has 1 aliphatic heterocycles. The molecule has 148 valence electrons. The van der Waals surface area contributed by atoms with Gasteiger partial charge in [0, 0.05) is 25.8 Å². The summed E-state index contributed by atoms with van der Waals surface area (Å²) < 4.78 is 5.91. The van der Waals surface area contributed by atoms with Gasteiger partial charge in [-0.1, -0.05) is 42.5 Å². The van der Waals surface area contributed by atoms with Gasteiger partial charge in [0.15, 0.2) is 0 Å². The van der Waals surface area contributed by atoms with E-state index in [0.717, 1.165) is 42.3 Å². The van der Waals surface area contributed by atoms with Crippen LogP contribution in [0.5, 0.6) is 0 Å². The van der Waals surface area contributed by atoms with Crippen LogP contribution < -0.4 is 0 Å². The Hall–Kier alpha value is -3.09. The molecule has 6 heteroatoms. The molecule has 2 heterocycles. The van der Waals surface area contributed by atoms with Crippen molar-refractivity contribution in [3.05, 3.63) is 83.4 Å². The Kier molecular flexibility index (Phi) is 5.64. The molecule has 1 atom stereocenters. The Morgan fingerprint density at radius 1 is 1.17 bits per heavy atom. The SMILES string of the molecule is Cc1nccc([C@@H]2CN(Cc3ccc(-c4ccccc4C(=O)O)cc3)CCO2)n1. The highest BCUT2D eigenvalue weighted by Crippen LogP contribution is 2.26. The first-order chi connectivity index (χ1) is 14.1. The van der Waals surface area contributed by atoms with Crippen LogP contribution in [0.2, 0.25) is 0 Å². The normalized spacial score (nSPS) is 17.2. The molecule has 0 amide bonds. The summed E-state index contributed by atoms with van der Waals surface area (Å²) >= 11 is 0. The van der Waals surface area contributed by atoms with E-state index >= 15 is 0 Å². The van der Waals surface area contributed by atoms with Gasteiger partial charge < -0.3 is 9.84 Å². The van der Waals surface area contributed by atoms with E-state index in [2.05, 4.69) is 27.0 Å². The fraction of sp³-hybridized carbons (Fsp3) is 0.261. The molecule has 0 bridgehead atoms. The van der Waals surface area contributed by atoms with Crippen molar-refractivity contribution in [3.63, 3.8) is 0 Å². The Morgan fingerprint density at radius 2 is 1.97 bits per heavy atom. The molecule has 0 aliphatic carbocycles. The summed E-state index contributed by atoms with van der Waals surface area (Å²) in [5.41, 5.74) is 4.06. The van der Waals surface area contributed by atoms with Crippen LogP contribution in [0.4, 0.5) is 0 Å². The molecule has 1 saturated heterocycles. The highest BCUT2D eigenvalue weighted by atomic mass is 16.5. The standard InChI is InChI=1S/C23H23N3O3/c1-16-24-11-10-21(25-16)22-15-26(12-13-29-22)14-17-6-8-18(9-7-17)19-4-2-3-5-20(19)23(27)28/h2-11,22H,12-15H2,1H3,(H,27,28)/t22-/m0/s1. The summed E-state index contributed by atoms with van der Waals surface area (Å²) in [6.45, 7) is 5.00. The molecule has 2 aromatic carbocycles. The van der Waals surface area contributed by atoms with Crippen molar-refractivity contribution < 1.29 is 14.6 Å². The van der Waals surface area contributed by atoms with Crippen molar-refractivity contribution in [1.82, 2.24) is 14.9 Å². The van der Waals surface area contributed by atoms with Gasteiger partial charge in [0.1, 0.15) is 11.9 Å². The number of morpholine rings is 1. The van der Waals surface area contributed by atoms with E-state index in [1.54, 1.807) is 18.3 Å². The van der Waals surface area contributed by atoms with Gasteiger partial charge in [-0.3, -0.25) is 4.90 Å². The average molecular weight is 389 g/mol. The Balaban J connectivity index is 1.46. The molecule has 6 nitrogen and oxygen atoms in total. The first kappa shape index (κ1) is 19.2. The van der Waals surface area contributed by atoms with Gasteiger partial charge in [-0.15, -0.1) is 0 Å². The van der Waals surface area contributed by atoms with Gasteiger partial charge in [0.25, 0.3) is 0 Å². The van der Waals surface area contributed by atoms with E-state index in [9.17, 15) is 9.90 Å². The van der Waals surface area contributed by atoms with Gasteiger partial charge in [-0.25, -0.2) is 14.8 Å². The minimum Gasteiger partial charge on any atom is -0.478 e. The highest BCUT2D eigenvalue weighted by Gasteiger charge is 2.23. The number of aryl methyl sites for hydroxylation is 1. The van der Waals surface area contributed by atoms with Gasteiger partial charge in [-0.2, -0.15) is 0 Å². The summed E-state index contributed by atoms with van der Waals surface area (Å²) in [6.07, 6.45) is 1.72. The van der Waals surface area contributed by atoms with Crippen LogP contribution in [0, 0.1) is 6.92 Å². The maximum absolute atomic E-state index is 11.5. The summed E-state index contributed by atoms with van der Waals surface area (Å²) in [5, 5.41) is 9.41. The number of nitrogens with zero attached hydrogens (tertiary/aromatic N) is 3. The first-order valence-corrected chi connectivity index (χ1v) is 9.65. The molecular weight excluding hydrogens is 366 g/mol. The number of carboxylic acids is 1. The molecule has 0 unspecified atom stereocenters. The topological polar surface area (TPSA) is 75.6 Å². The fourth-order valence-electron chi connectivity index (χ4n) is 3.65. The van der Waals surface area contributed by atoms with Crippen molar-refractivity contribution in [2.75, 3.05) is 19.7 Å². The molecule has 1 aromatic heterocycles. The number of aromatic nitrogens is 2. The van der Waals surface area contributed by atoms with Crippen molar-refractivity contribution in [2.24, 2.45) is 0 Å². The van der Waals surface area contributed by atoms with Crippen LogP contribution in [0.25, 0.3) is 11.1 Å². The second-order valence-corrected chi connectivity index (χ2v) is 7.17. The summed E-state index contributed by atoms with van der Waals surface area (Å²) in [7, 11) is 0. The third-order valence-electron chi connectivity index (χ3n) is 5.11. The fourth-order valence-corrected chi connectivity index (χ4v) is 3.65. The van der Waals surface area contributed by atoms with Crippen molar-refractivity contribution in [1.29, 1.82) is 0 Å². The predicted octanol–water partition coefficient (Wildman–Crippen LogP) is 3.72. The van der Waals surface area contributed by atoms with Crippen LogP contribution >= 0.6 is 0 Å². The number of hydrogen-bond acceptors (Lipinski definition) is 5. The van der Waals surface area contributed by atoms with Crippen LogP contribution in [-0.2, 0) is 11.3 Å². The van der Waals surface area contributed by atoms with Crippen molar-refractivity contribution in [3.8, 4) is 11.1 Å². The monoisotopic (exact) mass is 389 g/mol. The predicted molar refractivity (Wildman–Crippen MR) is 110 cm³/mol. The number of carboxylic acid groups (broad SMARTS) is 1. The van der Waals surface area contributed by atoms with E-state index in [1.165, 1.54) is 5.56 Å². The number of ether oxygens (including phenoxy) is 1. The molecule has 0 radical (unpaired) electrons. The molecule has 29 heavy (non-hydrogen) atoms. The molecule has 1 fully saturated rings. The maximum atomic E-state index is 11.5. The number of aromatic carboxylic acids is 1. The van der Waals surface area contributed by atoms with Crippen LogP contribution in [0.1, 0.15) is 33.5 Å². The smallest absolute Gasteiger partial charge is 0.336 e. The molecule has 3 aromatic rings. The minimum absolute atomic E-state index is 0.0489. The zero-order valence-electron chi connectivity index (χ0n) is 16.3. The van der Waals surface area contributed by atoms with Crippen LogP contribution in [0.15, 0.2) is 60.8 Å². The first-order valence-electron chi connectivity index (χ1n) is 9.65. The quantitative estimate of drug-likeness (QED) is 0.717. The van der Waals surface area contributed by atoms with E-state index in [1.807, 2.05) is 37.3 Å². The lowest BCUT2D eigenvalue weighted by Crippen LogP contribution is -2.38. The Bertz CT molecular complexity index is 1000. The molecule has 0 spiro atoms. The maximum Gasteiger partial charge on any atom is 0.336 e. The molecule has 4 rings (SSSR count). The number of benzene rings is 2. The van der Waals surface area contributed by atoms with Gasteiger partial charge in [-0.05, 0) is 35.7 Å². The third-order valence-corrected chi connectivity index (χ3v) is 5.11. The number of carbonyl (C=O) groups is 1. The average Bonchev–Trinajstić information content (AvgIpc) is 2.74. The second-order valence-electron chi connectivity index (χ2n) is 7.17. The molecular formula is C23H23N3O3. The molecule has 1 N–H and O–H groups in total. The lowest BCUT2D eigenvalue weighted by atomic mass is 9.98. The summed E-state index contributed by atoms with van der Waals surface area (Å²) in [5.74, 6) is -0.163. The van der Waals surface area contributed by atoms with E-state index in [-0.39, 0.29) is 6.10 Å². The number of rotatable bonds is 5. The van der Waals surface area contributed by atoms with Gasteiger partial charge in [0.05, 0.1) is 17.9 Å². The van der Waals surface area contributed by atoms with Gasteiger partial charge in [0.2, 0.25) is 0 Å². The lowest BCUT2D eigenvalue weighted by Gasteiger charge is -2.32. The van der Waals surface area contributed by atoms with Gasteiger partial charge >= 0.3 is 5.97 Å². The summed E-state index contributed by atoms with van der Waals surface area (Å²) in [6, 6.07) is 17.1. The zero-order valence-corrected chi connectivity index (χ0v) is 16.3. The zero-order chi connectivity index (χ0) is 20.2. The Morgan fingerprint density at radius 3 is 2.72 bits per heavy atom. The Labute approximate surface area is 169 Å². The van der Waals surface area contributed by atoms with Crippen LogP contribution in [0.3, 0.4) is 0 Å². The summed E-state index contributed by atoms with van der Waals surface area (Å²) in [4.78, 5) is 22.5. The lowest BCUT2D eigenvalue weighted by molar-refractivity contribution is -0.0351. The van der Waals surface area contributed by atoms with Crippen molar-refractivity contribution in [2.45, 2.75) is 19.6 Å². The molecule has 0 saturated carbocycles. The van der Waals surface area contributed by atoms with E-state index in [4.69, 9.17) is 4.74 Å². The molecule has 1 aliphatic rings. The second kappa shape index (κ2) is 8.51. The third kappa shape index (κ3) is 4.50.